The van der Waals surface area contributed by atoms with E-state index in [4.69, 9.17) is 4.74 Å². The lowest BCUT2D eigenvalue weighted by Gasteiger charge is -2.72. The first kappa shape index (κ1) is 44.4. The number of hydrogen-bond donors (Lipinski definition) is 2. The molecule has 0 spiro atoms. The normalized spacial score (nSPS) is 34.8. The predicted molar refractivity (Wildman–Crippen MR) is 224 cm³/mol. The summed E-state index contributed by atoms with van der Waals surface area (Å²) in [5.74, 6) is -0.187. The Labute approximate surface area is 347 Å². The standard InChI is InChI=1S/C48H73N3O7/c1-30(2)40-34(53)26-48(37(54)29-51(25-24-50(11)31(3)52)28-32-14-12-13-23-49-32)22-21-46(9)33(41(40)48)15-16-36-45(8)19-18-38(58-39(55)27-43(4,5)42(56)57)44(6,7)35(45)17-20-47(36,46)10/h12-14,23,30,33,35-38,54H,15-22,24-29H2,1-11H3,(H,56,57)/t33-,35+,36-,37+,38+,45+,46-,47-,48+/m1/s1. The second-order valence-corrected chi connectivity index (χ2v) is 21.6. The smallest absolute Gasteiger partial charge is 0.309 e. The lowest BCUT2D eigenvalue weighted by molar-refractivity contribution is -0.235. The van der Waals surface area contributed by atoms with Crippen LogP contribution < -0.4 is 0 Å². The summed E-state index contributed by atoms with van der Waals surface area (Å²) in [6, 6.07) is 5.87. The zero-order valence-electron chi connectivity index (χ0n) is 37.5. The maximum absolute atomic E-state index is 14.3. The number of aromatic nitrogens is 1. The topological polar surface area (TPSA) is 137 Å². The van der Waals surface area contributed by atoms with Gasteiger partial charge in [0, 0.05) is 63.6 Å². The third-order valence-corrected chi connectivity index (χ3v) is 17.3. The number of nitrogens with zero attached hydrogens (tertiary/aromatic N) is 3. The van der Waals surface area contributed by atoms with Gasteiger partial charge in [-0.25, -0.2) is 0 Å². The number of aliphatic hydroxyl groups excluding tert-OH is 1. The van der Waals surface area contributed by atoms with Crippen molar-refractivity contribution in [1.82, 2.24) is 14.8 Å². The molecule has 0 saturated heterocycles. The van der Waals surface area contributed by atoms with Crippen LogP contribution in [0, 0.1) is 56.2 Å². The molecule has 58 heavy (non-hydrogen) atoms. The van der Waals surface area contributed by atoms with Gasteiger partial charge in [-0.2, -0.15) is 0 Å². The molecule has 1 amide bonds. The van der Waals surface area contributed by atoms with E-state index in [0.717, 1.165) is 62.6 Å². The monoisotopic (exact) mass is 804 g/mol. The van der Waals surface area contributed by atoms with Crippen LogP contribution in [0.5, 0.6) is 0 Å². The van der Waals surface area contributed by atoms with Crippen LogP contribution in [0.15, 0.2) is 35.5 Å². The summed E-state index contributed by atoms with van der Waals surface area (Å²) in [4.78, 5) is 60.0. The Morgan fingerprint density at radius 2 is 1.66 bits per heavy atom. The van der Waals surface area contributed by atoms with Gasteiger partial charge in [0.25, 0.3) is 0 Å². The summed E-state index contributed by atoms with van der Waals surface area (Å²) in [7, 11) is 1.81. The first-order valence-electron chi connectivity index (χ1n) is 22.2. The quantitative estimate of drug-likeness (QED) is 0.190. The van der Waals surface area contributed by atoms with Crippen LogP contribution in [0.3, 0.4) is 0 Å². The summed E-state index contributed by atoms with van der Waals surface area (Å²) >= 11 is 0. The van der Waals surface area contributed by atoms with Crippen LogP contribution in [0.1, 0.15) is 139 Å². The number of likely N-dealkylation sites (N-methyl/N-ethyl adjacent to an activating group) is 1. The predicted octanol–water partition coefficient (Wildman–Crippen LogP) is 8.12. The molecule has 1 heterocycles. The largest absolute Gasteiger partial charge is 0.481 e. The molecule has 322 valence electrons. The summed E-state index contributed by atoms with van der Waals surface area (Å²) in [5, 5.41) is 22.3. The molecule has 10 heteroatoms. The number of esters is 1. The molecule has 6 rings (SSSR count). The van der Waals surface area contributed by atoms with Crippen molar-refractivity contribution in [3.8, 4) is 0 Å². The van der Waals surface area contributed by atoms with Crippen molar-refractivity contribution in [3.63, 3.8) is 0 Å². The molecule has 0 unspecified atom stereocenters. The molecule has 1 aromatic heterocycles. The lowest BCUT2D eigenvalue weighted by Crippen LogP contribution is -2.66. The number of ether oxygens (including phenoxy) is 1. The zero-order chi connectivity index (χ0) is 42.8. The average molecular weight is 804 g/mol. The van der Waals surface area contributed by atoms with Gasteiger partial charge in [0.1, 0.15) is 6.10 Å². The number of ketones is 1. The molecule has 0 aromatic carbocycles. The number of carbonyl (C=O) groups is 4. The average Bonchev–Trinajstić information content (AvgIpc) is 3.45. The summed E-state index contributed by atoms with van der Waals surface area (Å²) < 4.78 is 6.19. The van der Waals surface area contributed by atoms with Crippen LogP contribution in [-0.4, -0.2) is 87.5 Å². The van der Waals surface area contributed by atoms with Gasteiger partial charge in [-0.15, -0.1) is 0 Å². The summed E-state index contributed by atoms with van der Waals surface area (Å²) in [6.45, 7) is 23.2. The number of hydrogen-bond acceptors (Lipinski definition) is 8. The highest BCUT2D eigenvalue weighted by molar-refractivity contribution is 6.00. The number of fused-ring (bicyclic) bond motifs is 7. The fraction of sp³-hybridized carbons (Fsp3) is 0.771. The Kier molecular flexibility index (Phi) is 12.1. The Balaban J connectivity index is 1.29. The maximum Gasteiger partial charge on any atom is 0.309 e. The van der Waals surface area contributed by atoms with Crippen molar-refractivity contribution in [2.75, 3.05) is 26.7 Å². The first-order chi connectivity index (χ1) is 26.9. The molecule has 9 atom stereocenters. The van der Waals surface area contributed by atoms with E-state index in [1.807, 2.05) is 25.2 Å². The lowest BCUT2D eigenvalue weighted by atomic mass is 9.33. The van der Waals surface area contributed by atoms with E-state index in [1.54, 1.807) is 31.9 Å². The third-order valence-electron chi connectivity index (χ3n) is 17.3. The minimum atomic E-state index is -1.18. The SMILES string of the molecule is CC(=O)N(C)CCN(Cc1ccccn1)C[C@H](O)[C@@]12CC[C@]3(C)[C@H](CC[C@@H]4[C@@]5(C)CC[C@H](OC(=O)CC(C)(C)C(=O)O)C(C)(C)[C@@H]5CC[C@]43C)C1=C(C(C)C)C(=O)C2. The number of carboxylic acids is 1. The molecule has 4 saturated carbocycles. The number of aliphatic carboxylic acids is 1. The van der Waals surface area contributed by atoms with Crippen molar-refractivity contribution in [1.29, 1.82) is 0 Å². The Bertz CT molecular complexity index is 1790. The second-order valence-electron chi connectivity index (χ2n) is 21.6. The van der Waals surface area contributed by atoms with Gasteiger partial charge < -0.3 is 19.8 Å². The van der Waals surface area contributed by atoms with Crippen LogP contribution >= 0.6 is 0 Å². The molecule has 10 nitrogen and oxygen atoms in total. The second kappa shape index (κ2) is 15.7. The molecular formula is C48H73N3O7. The number of pyridine rings is 1. The highest BCUT2D eigenvalue weighted by atomic mass is 16.5. The van der Waals surface area contributed by atoms with Crippen molar-refractivity contribution < 1.29 is 34.1 Å². The van der Waals surface area contributed by atoms with Gasteiger partial charge in [-0.1, -0.05) is 60.1 Å². The van der Waals surface area contributed by atoms with E-state index in [1.165, 1.54) is 5.57 Å². The van der Waals surface area contributed by atoms with Crippen molar-refractivity contribution in [2.24, 2.45) is 56.2 Å². The minimum Gasteiger partial charge on any atom is -0.481 e. The van der Waals surface area contributed by atoms with E-state index in [-0.39, 0.29) is 57.7 Å². The maximum atomic E-state index is 14.3. The molecule has 0 aliphatic heterocycles. The van der Waals surface area contributed by atoms with E-state index >= 15 is 0 Å². The van der Waals surface area contributed by atoms with Crippen molar-refractivity contribution >= 4 is 23.6 Å². The molecule has 2 N–H and O–H groups in total. The Morgan fingerprint density at radius 3 is 2.28 bits per heavy atom. The van der Waals surface area contributed by atoms with E-state index in [9.17, 15) is 29.4 Å². The molecular weight excluding hydrogens is 731 g/mol. The van der Waals surface area contributed by atoms with Crippen molar-refractivity contribution in [2.45, 2.75) is 152 Å². The van der Waals surface area contributed by atoms with Crippen LogP contribution in [-0.2, 0) is 30.5 Å². The molecule has 1 aromatic rings. The number of rotatable bonds is 13. The number of aliphatic hydroxyl groups is 1. The van der Waals surface area contributed by atoms with Gasteiger partial charge >= 0.3 is 11.9 Å². The van der Waals surface area contributed by atoms with Gasteiger partial charge in [0.2, 0.25) is 5.91 Å². The van der Waals surface area contributed by atoms with Crippen LogP contribution in [0.2, 0.25) is 0 Å². The van der Waals surface area contributed by atoms with Gasteiger partial charge in [0.15, 0.2) is 5.78 Å². The van der Waals surface area contributed by atoms with E-state index < -0.39 is 28.9 Å². The first-order valence-corrected chi connectivity index (χ1v) is 22.2. The molecule has 0 radical (unpaired) electrons. The molecule has 5 aliphatic carbocycles. The number of amides is 1. The molecule has 0 bridgehead atoms. The Hall–Kier alpha value is -3.11. The molecule has 5 aliphatic rings. The highest BCUT2D eigenvalue weighted by Gasteiger charge is 2.71. The zero-order valence-corrected chi connectivity index (χ0v) is 37.5. The van der Waals surface area contributed by atoms with E-state index in [2.05, 4.69) is 58.4 Å². The summed E-state index contributed by atoms with van der Waals surface area (Å²) in [6.07, 6.45) is 8.50. The number of Topliss-reactive ketones (excluding diaryl/α,β-unsaturated/α-hetero) is 1. The number of carbonyl (C=O) groups excluding carboxylic acids is 3. The fourth-order valence-corrected chi connectivity index (χ4v) is 13.7. The minimum absolute atomic E-state index is 0.000758. The van der Waals surface area contributed by atoms with Gasteiger partial charge in [-0.3, -0.25) is 29.1 Å². The Morgan fingerprint density at radius 1 is 0.948 bits per heavy atom. The van der Waals surface area contributed by atoms with E-state index in [0.29, 0.717) is 44.4 Å². The van der Waals surface area contributed by atoms with Crippen LogP contribution in [0.4, 0.5) is 0 Å². The fourth-order valence-electron chi connectivity index (χ4n) is 13.7. The van der Waals surface area contributed by atoms with Crippen LogP contribution in [0.25, 0.3) is 0 Å². The molecule has 4 fully saturated rings. The van der Waals surface area contributed by atoms with Gasteiger partial charge in [-0.05, 0) is 123 Å². The van der Waals surface area contributed by atoms with Crippen molar-refractivity contribution in [3.05, 3.63) is 41.2 Å². The number of carboxylic acid groups (broad SMARTS) is 1. The number of allylic oxidation sites excluding steroid dienone is 1. The highest BCUT2D eigenvalue weighted by Crippen LogP contribution is 2.77. The summed E-state index contributed by atoms with van der Waals surface area (Å²) in [5.41, 5.74) is 1.00. The third kappa shape index (κ3) is 7.38. The van der Waals surface area contributed by atoms with Gasteiger partial charge in [0.05, 0.1) is 23.6 Å².